The lowest BCUT2D eigenvalue weighted by Crippen LogP contribution is -2.33. The quantitative estimate of drug-likeness (QED) is 0.519. The first-order valence-electron chi connectivity index (χ1n) is 9.03. The SMILES string of the molecule is Cc1cc2nccc(=O)n2nc1N1CCc2ncc(-c3cn(C)nn3)cc2C1. The molecule has 9 heteroatoms. The van der Waals surface area contributed by atoms with Crippen LogP contribution >= 0.6 is 0 Å². The summed E-state index contributed by atoms with van der Waals surface area (Å²) in [6.07, 6.45) is 6.05. The minimum atomic E-state index is -0.185. The molecule has 0 saturated heterocycles. The summed E-state index contributed by atoms with van der Waals surface area (Å²) >= 11 is 0. The zero-order valence-corrected chi connectivity index (χ0v) is 15.6. The van der Waals surface area contributed by atoms with Crippen LogP contribution in [0.3, 0.4) is 0 Å². The molecular formula is C19H18N8O. The zero-order chi connectivity index (χ0) is 19.3. The van der Waals surface area contributed by atoms with Crippen molar-refractivity contribution in [2.75, 3.05) is 11.4 Å². The Morgan fingerprint density at radius 3 is 2.89 bits per heavy atom. The smallest absolute Gasteiger partial charge is 0.274 e. The van der Waals surface area contributed by atoms with Crippen LogP contribution in [-0.2, 0) is 20.0 Å². The number of hydrogen-bond donors (Lipinski definition) is 0. The van der Waals surface area contributed by atoms with Crippen LogP contribution in [0.4, 0.5) is 5.82 Å². The Morgan fingerprint density at radius 2 is 2.07 bits per heavy atom. The summed E-state index contributed by atoms with van der Waals surface area (Å²) in [4.78, 5) is 23.2. The van der Waals surface area contributed by atoms with Gasteiger partial charge in [0.25, 0.3) is 5.56 Å². The first-order valence-corrected chi connectivity index (χ1v) is 9.03. The molecule has 140 valence electrons. The Morgan fingerprint density at radius 1 is 1.18 bits per heavy atom. The molecule has 0 spiro atoms. The molecule has 0 aliphatic carbocycles. The molecule has 0 bridgehead atoms. The molecule has 0 fully saturated rings. The van der Waals surface area contributed by atoms with Crippen LogP contribution in [0.25, 0.3) is 16.9 Å². The molecule has 4 aromatic heterocycles. The minimum Gasteiger partial charge on any atom is -0.350 e. The van der Waals surface area contributed by atoms with Crippen molar-refractivity contribution in [3.05, 3.63) is 64.0 Å². The molecule has 5 heterocycles. The largest absolute Gasteiger partial charge is 0.350 e. The van der Waals surface area contributed by atoms with Gasteiger partial charge in [0.15, 0.2) is 11.5 Å². The molecule has 0 atom stereocenters. The van der Waals surface area contributed by atoms with Crippen LogP contribution in [0.15, 0.2) is 41.6 Å². The predicted molar refractivity (Wildman–Crippen MR) is 103 cm³/mol. The fourth-order valence-electron chi connectivity index (χ4n) is 3.59. The van der Waals surface area contributed by atoms with E-state index < -0.39 is 0 Å². The van der Waals surface area contributed by atoms with Crippen molar-refractivity contribution in [3.8, 4) is 11.3 Å². The van der Waals surface area contributed by atoms with Crippen molar-refractivity contribution in [1.82, 2.24) is 34.6 Å². The Hall–Kier alpha value is -3.62. The maximum Gasteiger partial charge on any atom is 0.274 e. The van der Waals surface area contributed by atoms with E-state index in [0.29, 0.717) is 12.2 Å². The molecule has 1 aliphatic rings. The van der Waals surface area contributed by atoms with E-state index in [9.17, 15) is 4.79 Å². The lowest BCUT2D eigenvalue weighted by Gasteiger charge is -2.30. The summed E-state index contributed by atoms with van der Waals surface area (Å²) in [6, 6.07) is 5.43. The van der Waals surface area contributed by atoms with Crippen molar-refractivity contribution < 1.29 is 0 Å². The van der Waals surface area contributed by atoms with Crippen LogP contribution in [0, 0.1) is 6.92 Å². The van der Waals surface area contributed by atoms with Gasteiger partial charge in [0.2, 0.25) is 0 Å². The van der Waals surface area contributed by atoms with E-state index in [4.69, 9.17) is 0 Å². The van der Waals surface area contributed by atoms with E-state index in [1.807, 2.05) is 32.4 Å². The molecular weight excluding hydrogens is 356 g/mol. The number of hydrogen-bond acceptors (Lipinski definition) is 7. The van der Waals surface area contributed by atoms with Crippen LogP contribution in [0.2, 0.25) is 0 Å². The van der Waals surface area contributed by atoms with E-state index in [2.05, 4.69) is 36.3 Å². The number of nitrogens with zero attached hydrogens (tertiary/aromatic N) is 8. The summed E-state index contributed by atoms with van der Waals surface area (Å²) in [5, 5.41) is 12.7. The van der Waals surface area contributed by atoms with Gasteiger partial charge in [-0.1, -0.05) is 5.21 Å². The Kier molecular flexibility index (Phi) is 3.68. The first kappa shape index (κ1) is 16.5. The monoisotopic (exact) mass is 374 g/mol. The van der Waals surface area contributed by atoms with Crippen LogP contribution in [0.5, 0.6) is 0 Å². The molecule has 28 heavy (non-hydrogen) atoms. The van der Waals surface area contributed by atoms with Crippen LogP contribution < -0.4 is 10.5 Å². The predicted octanol–water partition coefficient (Wildman–Crippen LogP) is 1.15. The van der Waals surface area contributed by atoms with Gasteiger partial charge in [-0.05, 0) is 30.2 Å². The lowest BCUT2D eigenvalue weighted by molar-refractivity contribution is 0.685. The number of aromatic nitrogens is 7. The highest BCUT2D eigenvalue weighted by molar-refractivity contribution is 5.59. The van der Waals surface area contributed by atoms with E-state index in [-0.39, 0.29) is 5.56 Å². The molecule has 5 rings (SSSR count). The third-order valence-electron chi connectivity index (χ3n) is 4.98. The van der Waals surface area contributed by atoms with E-state index in [1.54, 1.807) is 4.68 Å². The average molecular weight is 374 g/mol. The summed E-state index contributed by atoms with van der Waals surface area (Å²) in [7, 11) is 1.84. The molecule has 9 nitrogen and oxygen atoms in total. The standard InChI is InChI=1S/C19H18N8O/c1-12-7-17-20-5-3-18(28)27(17)23-19(12)26-6-4-15-14(10-26)8-13(9-21-15)16-11-25(2)24-22-16/h3,5,7-9,11H,4,6,10H2,1-2H3. The van der Waals surface area contributed by atoms with Crippen molar-refractivity contribution in [1.29, 1.82) is 0 Å². The lowest BCUT2D eigenvalue weighted by atomic mass is 10.0. The van der Waals surface area contributed by atoms with Gasteiger partial charge in [0, 0.05) is 56.3 Å². The summed E-state index contributed by atoms with van der Waals surface area (Å²) < 4.78 is 3.03. The van der Waals surface area contributed by atoms with Gasteiger partial charge in [-0.15, -0.1) is 10.2 Å². The Balaban J connectivity index is 1.53. The fourth-order valence-corrected chi connectivity index (χ4v) is 3.59. The number of fused-ring (bicyclic) bond motifs is 2. The van der Waals surface area contributed by atoms with Gasteiger partial charge in [0.05, 0.1) is 6.20 Å². The highest BCUT2D eigenvalue weighted by atomic mass is 16.1. The van der Waals surface area contributed by atoms with Gasteiger partial charge < -0.3 is 4.90 Å². The number of anilines is 1. The third kappa shape index (κ3) is 2.72. The van der Waals surface area contributed by atoms with Gasteiger partial charge in [-0.2, -0.15) is 4.52 Å². The fraction of sp³-hybridized carbons (Fsp3) is 0.263. The normalized spacial score (nSPS) is 13.7. The molecule has 0 saturated carbocycles. The molecule has 0 unspecified atom stereocenters. The third-order valence-corrected chi connectivity index (χ3v) is 4.98. The van der Waals surface area contributed by atoms with Gasteiger partial charge in [-0.25, -0.2) is 4.98 Å². The van der Waals surface area contributed by atoms with E-state index in [0.717, 1.165) is 46.9 Å². The number of pyridine rings is 1. The Bertz CT molecular complexity index is 1260. The number of aryl methyl sites for hydroxylation is 2. The second kappa shape index (κ2) is 6.22. The highest BCUT2D eigenvalue weighted by Crippen LogP contribution is 2.27. The van der Waals surface area contributed by atoms with Gasteiger partial charge >= 0.3 is 0 Å². The molecule has 0 radical (unpaired) electrons. The van der Waals surface area contributed by atoms with Crippen LogP contribution in [-0.4, -0.2) is 41.1 Å². The van der Waals surface area contributed by atoms with Crippen molar-refractivity contribution in [3.63, 3.8) is 0 Å². The second-order valence-corrected chi connectivity index (χ2v) is 6.98. The first-order chi connectivity index (χ1) is 13.6. The second-order valence-electron chi connectivity index (χ2n) is 6.98. The topological polar surface area (TPSA) is 94.1 Å². The highest BCUT2D eigenvalue weighted by Gasteiger charge is 2.22. The van der Waals surface area contributed by atoms with Crippen molar-refractivity contribution >= 4 is 11.5 Å². The molecule has 1 aliphatic heterocycles. The molecule has 0 N–H and O–H groups in total. The van der Waals surface area contributed by atoms with E-state index in [1.165, 1.54) is 16.8 Å². The van der Waals surface area contributed by atoms with Crippen molar-refractivity contribution in [2.45, 2.75) is 19.9 Å². The number of rotatable bonds is 2. The maximum absolute atomic E-state index is 12.1. The van der Waals surface area contributed by atoms with E-state index >= 15 is 0 Å². The summed E-state index contributed by atoms with van der Waals surface area (Å²) in [6.45, 7) is 3.45. The maximum atomic E-state index is 12.1. The molecule has 0 amide bonds. The summed E-state index contributed by atoms with van der Waals surface area (Å²) in [5.41, 5.74) is 5.31. The minimum absolute atomic E-state index is 0.185. The van der Waals surface area contributed by atoms with Gasteiger partial charge in [-0.3, -0.25) is 14.5 Å². The van der Waals surface area contributed by atoms with Gasteiger partial charge in [0.1, 0.15) is 5.69 Å². The van der Waals surface area contributed by atoms with Crippen LogP contribution in [0.1, 0.15) is 16.8 Å². The molecule has 4 aromatic rings. The average Bonchev–Trinajstić information content (AvgIpc) is 3.13. The van der Waals surface area contributed by atoms with Crippen molar-refractivity contribution in [2.24, 2.45) is 7.05 Å². The Labute approximate surface area is 160 Å². The molecule has 0 aromatic carbocycles. The summed E-state index contributed by atoms with van der Waals surface area (Å²) in [5.74, 6) is 0.790. The zero-order valence-electron chi connectivity index (χ0n) is 15.6.